The Morgan fingerprint density at radius 3 is 2.25 bits per heavy atom. The molecule has 11 heteroatoms. The van der Waals surface area contributed by atoms with Crippen LogP contribution < -0.4 is 14.4 Å². The van der Waals surface area contributed by atoms with Gasteiger partial charge in [-0.1, -0.05) is 38.5 Å². The summed E-state index contributed by atoms with van der Waals surface area (Å²) in [5, 5.41) is 2.68. The molecule has 36 heavy (non-hydrogen) atoms. The minimum atomic E-state index is -3.68. The van der Waals surface area contributed by atoms with Gasteiger partial charge in [0, 0.05) is 13.1 Å². The number of hydrogen-bond donors (Lipinski definition) is 1. The molecule has 9 nitrogen and oxygen atoms in total. The van der Waals surface area contributed by atoms with Crippen LogP contribution in [0.3, 0.4) is 0 Å². The smallest absolute Gasteiger partial charge is 0.243 e. The second-order valence-electron chi connectivity index (χ2n) is 9.12. The average Bonchev–Trinajstić information content (AvgIpc) is 2.85. The van der Waals surface area contributed by atoms with Crippen molar-refractivity contribution < 1.29 is 26.4 Å². The molecular formula is C25H35N3O6S2. The van der Waals surface area contributed by atoms with Crippen LogP contribution in [0.25, 0.3) is 0 Å². The number of carbonyl (C=O) groups excluding carboxylic acids is 1. The van der Waals surface area contributed by atoms with Gasteiger partial charge in [0.05, 0.1) is 23.4 Å². The van der Waals surface area contributed by atoms with Crippen LogP contribution in [0.15, 0.2) is 53.4 Å². The summed E-state index contributed by atoms with van der Waals surface area (Å²) < 4.78 is 58.6. The molecule has 0 bridgehead atoms. The number of nitrogens with zero attached hydrogens (tertiary/aromatic N) is 2. The molecule has 1 heterocycles. The maximum absolute atomic E-state index is 12.7. The summed E-state index contributed by atoms with van der Waals surface area (Å²) in [6.45, 7) is 4.98. The van der Waals surface area contributed by atoms with Gasteiger partial charge < -0.3 is 10.1 Å². The van der Waals surface area contributed by atoms with Gasteiger partial charge in [0.2, 0.25) is 26.0 Å². The zero-order chi connectivity index (χ0) is 26.3. The van der Waals surface area contributed by atoms with Gasteiger partial charge in [0.15, 0.2) is 0 Å². The van der Waals surface area contributed by atoms with Crippen molar-refractivity contribution >= 4 is 31.6 Å². The third kappa shape index (κ3) is 7.21. The first kappa shape index (κ1) is 27.9. The van der Waals surface area contributed by atoms with E-state index >= 15 is 0 Å². The summed E-state index contributed by atoms with van der Waals surface area (Å²) in [6.07, 6.45) is 3.87. The van der Waals surface area contributed by atoms with Gasteiger partial charge in [-0.2, -0.15) is 4.31 Å². The second-order valence-corrected chi connectivity index (χ2v) is 13.0. The topological polar surface area (TPSA) is 113 Å². The highest BCUT2D eigenvalue weighted by molar-refractivity contribution is 7.92. The Hall–Kier alpha value is -2.63. The monoisotopic (exact) mass is 537 g/mol. The van der Waals surface area contributed by atoms with Gasteiger partial charge in [-0.05, 0) is 54.7 Å². The lowest BCUT2D eigenvalue weighted by molar-refractivity contribution is -0.119. The minimum Gasteiger partial charge on any atom is -0.492 e. The first-order valence-corrected chi connectivity index (χ1v) is 15.4. The molecule has 1 aliphatic heterocycles. The lowest BCUT2D eigenvalue weighted by atomic mass is 10.0. The Labute approximate surface area is 214 Å². The molecule has 0 spiro atoms. The van der Waals surface area contributed by atoms with E-state index in [9.17, 15) is 21.6 Å². The van der Waals surface area contributed by atoms with Crippen molar-refractivity contribution in [1.82, 2.24) is 9.62 Å². The van der Waals surface area contributed by atoms with Gasteiger partial charge in [-0.3, -0.25) is 9.10 Å². The van der Waals surface area contributed by atoms with Crippen molar-refractivity contribution in [3.63, 3.8) is 0 Å². The molecule has 0 aromatic heterocycles. The largest absolute Gasteiger partial charge is 0.492 e. The van der Waals surface area contributed by atoms with Crippen molar-refractivity contribution in [2.24, 2.45) is 0 Å². The zero-order valence-electron chi connectivity index (χ0n) is 21.0. The van der Waals surface area contributed by atoms with E-state index in [4.69, 9.17) is 4.74 Å². The van der Waals surface area contributed by atoms with Crippen LogP contribution in [0.2, 0.25) is 0 Å². The maximum Gasteiger partial charge on any atom is 0.243 e. The van der Waals surface area contributed by atoms with Crippen LogP contribution in [0.1, 0.15) is 44.6 Å². The van der Waals surface area contributed by atoms with E-state index in [2.05, 4.69) is 5.32 Å². The number of rotatable bonds is 11. The molecule has 1 amide bonds. The van der Waals surface area contributed by atoms with E-state index in [0.29, 0.717) is 24.5 Å². The lowest BCUT2D eigenvalue weighted by Crippen LogP contribution is -2.41. The lowest BCUT2D eigenvalue weighted by Gasteiger charge is -2.26. The van der Waals surface area contributed by atoms with Gasteiger partial charge in [-0.15, -0.1) is 0 Å². The van der Waals surface area contributed by atoms with E-state index < -0.39 is 26.0 Å². The number of sulfonamides is 2. The van der Waals surface area contributed by atoms with Crippen molar-refractivity contribution in [2.75, 3.05) is 43.3 Å². The number of piperidine rings is 1. The first-order valence-electron chi connectivity index (χ1n) is 12.1. The summed E-state index contributed by atoms with van der Waals surface area (Å²) in [7, 11) is -7.18. The average molecular weight is 538 g/mol. The van der Waals surface area contributed by atoms with Crippen LogP contribution in [0.5, 0.6) is 5.75 Å². The second kappa shape index (κ2) is 12.1. The van der Waals surface area contributed by atoms with Crippen molar-refractivity contribution in [1.29, 1.82) is 0 Å². The SMILES string of the molecule is CC(C)c1ccccc1N(CC(=O)NCCOc1ccc(S(=O)(=O)N2CCCCC2)cc1)S(C)(=O)=O. The van der Waals surface area contributed by atoms with Gasteiger partial charge in [0.25, 0.3) is 0 Å². The van der Waals surface area contributed by atoms with E-state index in [1.807, 2.05) is 26.0 Å². The number of amides is 1. The summed E-state index contributed by atoms with van der Waals surface area (Å²) in [4.78, 5) is 12.8. The van der Waals surface area contributed by atoms with Crippen molar-refractivity contribution in [3.05, 3.63) is 54.1 Å². The predicted octanol–water partition coefficient (Wildman–Crippen LogP) is 2.95. The molecule has 3 rings (SSSR count). The fourth-order valence-corrected chi connectivity index (χ4v) is 6.48. The highest BCUT2D eigenvalue weighted by atomic mass is 32.2. The van der Waals surface area contributed by atoms with Crippen LogP contribution in [0.4, 0.5) is 5.69 Å². The molecule has 198 valence electrons. The molecule has 0 radical (unpaired) electrons. The highest BCUT2D eigenvalue weighted by Crippen LogP contribution is 2.29. The standard InChI is InChI=1S/C25H35N3O6S2/c1-20(2)23-9-5-6-10-24(23)28(35(3,30)31)19-25(29)26-15-18-34-21-11-13-22(14-12-21)36(32,33)27-16-7-4-8-17-27/h5-6,9-14,20H,4,7-8,15-19H2,1-3H3,(H,26,29). The maximum atomic E-state index is 12.7. The van der Waals surface area contributed by atoms with Gasteiger partial charge in [0.1, 0.15) is 18.9 Å². The molecule has 2 aromatic carbocycles. The Morgan fingerprint density at radius 1 is 1.00 bits per heavy atom. The minimum absolute atomic E-state index is 0.0862. The predicted molar refractivity (Wildman–Crippen MR) is 140 cm³/mol. The number of para-hydroxylation sites is 1. The van der Waals surface area contributed by atoms with Crippen molar-refractivity contribution in [3.8, 4) is 5.75 Å². The van der Waals surface area contributed by atoms with Crippen LogP contribution >= 0.6 is 0 Å². The molecule has 0 unspecified atom stereocenters. The molecule has 1 fully saturated rings. The third-order valence-corrected chi connectivity index (χ3v) is 9.02. The summed E-state index contributed by atoms with van der Waals surface area (Å²) in [5.74, 6) is 0.110. The molecule has 2 aromatic rings. The number of carbonyl (C=O) groups is 1. The summed E-state index contributed by atoms with van der Waals surface area (Å²) in [6, 6.07) is 13.4. The van der Waals surface area contributed by atoms with Gasteiger partial charge in [-0.25, -0.2) is 16.8 Å². The Kier molecular flexibility index (Phi) is 9.37. The number of benzene rings is 2. The van der Waals surface area contributed by atoms with E-state index in [1.54, 1.807) is 24.3 Å². The fraction of sp³-hybridized carbons (Fsp3) is 0.480. The third-order valence-electron chi connectivity index (χ3n) is 5.98. The summed E-state index contributed by atoms with van der Waals surface area (Å²) in [5.41, 5.74) is 1.32. The highest BCUT2D eigenvalue weighted by Gasteiger charge is 2.26. The molecule has 0 saturated carbocycles. The van der Waals surface area contributed by atoms with Crippen LogP contribution in [0, 0.1) is 0 Å². The van der Waals surface area contributed by atoms with E-state index in [1.165, 1.54) is 16.4 Å². The zero-order valence-corrected chi connectivity index (χ0v) is 22.6. The molecule has 1 aliphatic rings. The molecular weight excluding hydrogens is 502 g/mol. The van der Waals surface area contributed by atoms with Crippen LogP contribution in [-0.4, -0.2) is 66.1 Å². The number of hydrogen-bond acceptors (Lipinski definition) is 6. The number of anilines is 1. The molecule has 0 atom stereocenters. The normalized spacial score (nSPS) is 15.0. The Bertz CT molecular complexity index is 1240. The van der Waals surface area contributed by atoms with E-state index in [-0.39, 0.29) is 30.5 Å². The Balaban J connectivity index is 1.53. The van der Waals surface area contributed by atoms with Crippen molar-refractivity contribution in [2.45, 2.75) is 43.9 Å². The molecule has 0 aliphatic carbocycles. The Morgan fingerprint density at radius 2 is 1.64 bits per heavy atom. The fourth-order valence-electron chi connectivity index (χ4n) is 4.09. The van der Waals surface area contributed by atoms with Gasteiger partial charge >= 0.3 is 0 Å². The van der Waals surface area contributed by atoms with Crippen LogP contribution in [-0.2, 0) is 24.8 Å². The number of ether oxygens (including phenoxy) is 1. The number of nitrogens with one attached hydrogen (secondary N) is 1. The first-order chi connectivity index (χ1) is 17.0. The van der Waals surface area contributed by atoms with E-state index in [0.717, 1.165) is 35.4 Å². The molecule has 1 N–H and O–H groups in total. The molecule has 1 saturated heterocycles. The quantitative estimate of drug-likeness (QED) is 0.441. The summed E-state index contributed by atoms with van der Waals surface area (Å²) >= 11 is 0.